The Kier molecular flexibility index (Phi) is 4.06. The summed E-state index contributed by atoms with van der Waals surface area (Å²) in [6.45, 7) is 5.60. The van der Waals surface area contributed by atoms with Crippen LogP contribution in [-0.2, 0) is 4.79 Å². The van der Waals surface area contributed by atoms with Gasteiger partial charge in [-0.25, -0.2) is 4.79 Å². The van der Waals surface area contributed by atoms with Crippen LogP contribution in [0.1, 0.15) is 36.2 Å². The van der Waals surface area contributed by atoms with E-state index in [1.807, 2.05) is 13.8 Å². The maximum absolute atomic E-state index is 11.5. The van der Waals surface area contributed by atoms with Gasteiger partial charge >= 0.3 is 5.97 Å². The Balaban J connectivity index is 2.82. The van der Waals surface area contributed by atoms with E-state index in [1.54, 1.807) is 12.3 Å². The molecule has 0 atom stereocenters. The van der Waals surface area contributed by atoms with E-state index in [-0.39, 0.29) is 17.4 Å². The highest BCUT2D eigenvalue weighted by Crippen LogP contribution is 2.27. The normalized spacial score (nSPS) is 10.5. The number of anilines is 1. The Labute approximate surface area is 98.3 Å². The van der Waals surface area contributed by atoms with Crippen LogP contribution in [0.5, 0.6) is 0 Å². The van der Waals surface area contributed by atoms with Gasteiger partial charge in [-0.2, -0.15) is 0 Å². The molecule has 0 saturated carbocycles. The van der Waals surface area contributed by atoms with Gasteiger partial charge in [0, 0.05) is 6.42 Å². The minimum Gasteiger partial charge on any atom is -0.478 e. The Hall–Kier alpha value is -1.36. The summed E-state index contributed by atoms with van der Waals surface area (Å²) in [5, 5.41) is 13.8. The number of aromatic carboxylic acids is 1. The highest BCUT2D eigenvalue weighted by Gasteiger charge is 2.17. The molecule has 0 aliphatic heterocycles. The van der Waals surface area contributed by atoms with Crippen LogP contribution in [0.4, 0.5) is 5.00 Å². The summed E-state index contributed by atoms with van der Waals surface area (Å²) in [7, 11) is 0. The predicted octanol–water partition coefficient (Wildman–Crippen LogP) is 2.74. The van der Waals surface area contributed by atoms with Crippen LogP contribution in [0.15, 0.2) is 5.38 Å². The van der Waals surface area contributed by atoms with Crippen LogP contribution in [0, 0.1) is 12.8 Å². The first-order valence-corrected chi connectivity index (χ1v) is 5.91. The van der Waals surface area contributed by atoms with Gasteiger partial charge in [-0.3, -0.25) is 4.79 Å². The first kappa shape index (κ1) is 12.7. The smallest absolute Gasteiger partial charge is 0.338 e. The van der Waals surface area contributed by atoms with E-state index in [9.17, 15) is 9.59 Å². The molecule has 0 bridgehead atoms. The Morgan fingerprint density at radius 1 is 1.50 bits per heavy atom. The summed E-state index contributed by atoms with van der Waals surface area (Å²) in [6.07, 6.45) is 0.399. The molecule has 0 spiro atoms. The highest BCUT2D eigenvalue weighted by molar-refractivity contribution is 7.15. The molecule has 0 aliphatic carbocycles. The molecule has 0 unspecified atom stereocenters. The fourth-order valence-corrected chi connectivity index (χ4v) is 2.30. The van der Waals surface area contributed by atoms with Gasteiger partial charge in [0.1, 0.15) is 5.00 Å². The van der Waals surface area contributed by atoms with Crippen molar-refractivity contribution in [3.63, 3.8) is 0 Å². The summed E-state index contributed by atoms with van der Waals surface area (Å²) in [4.78, 5) is 22.5. The second-order valence-corrected chi connectivity index (χ2v) is 4.95. The molecule has 1 amide bonds. The zero-order valence-electron chi connectivity index (χ0n) is 9.53. The van der Waals surface area contributed by atoms with Crippen LogP contribution < -0.4 is 5.32 Å². The third-order valence-corrected chi connectivity index (χ3v) is 3.05. The van der Waals surface area contributed by atoms with Gasteiger partial charge < -0.3 is 10.4 Å². The number of rotatable bonds is 4. The molecular formula is C11H15NO3S. The van der Waals surface area contributed by atoms with Crippen molar-refractivity contribution < 1.29 is 14.7 Å². The van der Waals surface area contributed by atoms with Gasteiger partial charge in [-0.15, -0.1) is 11.3 Å². The molecule has 1 heterocycles. The number of hydrogen-bond donors (Lipinski definition) is 2. The number of aryl methyl sites for hydroxylation is 1. The number of thiophene rings is 1. The van der Waals surface area contributed by atoms with Crippen molar-refractivity contribution >= 4 is 28.2 Å². The van der Waals surface area contributed by atoms with Crippen molar-refractivity contribution in [1.82, 2.24) is 0 Å². The lowest BCUT2D eigenvalue weighted by atomic mass is 10.1. The molecule has 16 heavy (non-hydrogen) atoms. The fourth-order valence-electron chi connectivity index (χ4n) is 1.35. The molecule has 0 aliphatic rings. The van der Waals surface area contributed by atoms with Gasteiger partial charge in [0.05, 0.1) is 5.56 Å². The Morgan fingerprint density at radius 2 is 2.12 bits per heavy atom. The molecule has 1 aromatic heterocycles. The molecule has 1 rings (SSSR count). The second kappa shape index (κ2) is 5.12. The summed E-state index contributed by atoms with van der Waals surface area (Å²) in [6, 6.07) is 0. The minimum atomic E-state index is -1.00. The first-order chi connectivity index (χ1) is 7.41. The van der Waals surface area contributed by atoms with Crippen LogP contribution in [0.2, 0.25) is 0 Å². The zero-order chi connectivity index (χ0) is 12.3. The lowest BCUT2D eigenvalue weighted by molar-refractivity contribution is -0.116. The molecule has 0 saturated heterocycles. The van der Waals surface area contributed by atoms with Crippen molar-refractivity contribution in [1.29, 1.82) is 0 Å². The van der Waals surface area contributed by atoms with E-state index in [4.69, 9.17) is 5.11 Å². The molecule has 5 heteroatoms. The average Bonchev–Trinajstić information content (AvgIpc) is 2.45. The van der Waals surface area contributed by atoms with Crippen LogP contribution in [-0.4, -0.2) is 17.0 Å². The molecule has 0 radical (unpaired) electrons. The van der Waals surface area contributed by atoms with Crippen molar-refractivity contribution in [2.24, 2.45) is 5.92 Å². The monoisotopic (exact) mass is 241 g/mol. The molecule has 0 aromatic carbocycles. The van der Waals surface area contributed by atoms with E-state index < -0.39 is 5.97 Å². The second-order valence-electron chi connectivity index (χ2n) is 4.07. The third-order valence-electron chi connectivity index (χ3n) is 2.04. The van der Waals surface area contributed by atoms with Gasteiger partial charge in [-0.1, -0.05) is 13.8 Å². The van der Waals surface area contributed by atoms with Gasteiger partial charge in [0.15, 0.2) is 0 Å². The lowest BCUT2D eigenvalue weighted by Crippen LogP contribution is -2.15. The average molecular weight is 241 g/mol. The quantitative estimate of drug-likeness (QED) is 0.851. The van der Waals surface area contributed by atoms with E-state index in [1.165, 1.54) is 11.3 Å². The zero-order valence-corrected chi connectivity index (χ0v) is 10.4. The number of carboxylic acid groups (broad SMARTS) is 1. The van der Waals surface area contributed by atoms with Crippen molar-refractivity contribution in [2.45, 2.75) is 27.2 Å². The van der Waals surface area contributed by atoms with Crippen molar-refractivity contribution in [2.75, 3.05) is 5.32 Å². The predicted molar refractivity (Wildman–Crippen MR) is 64.1 cm³/mol. The standard InChI is InChI=1S/C11H15NO3S/c1-6(2)4-8(13)12-10-9(11(14)15)7(3)5-16-10/h5-6H,4H2,1-3H3,(H,12,13)(H,14,15). The number of carbonyl (C=O) groups is 2. The van der Waals surface area contributed by atoms with Gasteiger partial charge in [-0.05, 0) is 23.8 Å². The number of nitrogens with one attached hydrogen (secondary N) is 1. The number of amides is 1. The minimum absolute atomic E-state index is 0.139. The van der Waals surface area contributed by atoms with Crippen molar-refractivity contribution in [3.05, 3.63) is 16.5 Å². The van der Waals surface area contributed by atoms with Gasteiger partial charge in [0.25, 0.3) is 0 Å². The maximum Gasteiger partial charge on any atom is 0.338 e. The van der Waals surface area contributed by atoms with E-state index in [2.05, 4.69) is 5.32 Å². The SMILES string of the molecule is Cc1csc(NC(=O)CC(C)C)c1C(=O)O. The Bertz CT molecular complexity index is 409. The van der Waals surface area contributed by atoms with Crippen LogP contribution in [0.25, 0.3) is 0 Å². The topological polar surface area (TPSA) is 66.4 Å². The summed E-state index contributed by atoms with van der Waals surface area (Å²) in [5.41, 5.74) is 0.874. The van der Waals surface area contributed by atoms with E-state index in [0.29, 0.717) is 17.0 Å². The van der Waals surface area contributed by atoms with Crippen LogP contribution >= 0.6 is 11.3 Å². The number of carbonyl (C=O) groups excluding carboxylic acids is 1. The summed E-state index contributed by atoms with van der Waals surface area (Å²) >= 11 is 1.25. The third kappa shape index (κ3) is 3.06. The molecule has 1 aromatic rings. The number of hydrogen-bond acceptors (Lipinski definition) is 3. The largest absolute Gasteiger partial charge is 0.478 e. The molecule has 88 valence electrons. The first-order valence-electron chi connectivity index (χ1n) is 5.03. The highest BCUT2D eigenvalue weighted by atomic mass is 32.1. The van der Waals surface area contributed by atoms with Crippen LogP contribution in [0.3, 0.4) is 0 Å². The number of carboxylic acids is 1. The summed E-state index contributed by atoms with van der Waals surface area (Å²) < 4.78 is 0. The molecule has 0 fully saturated rings. The van der Waals surface area contributed by atoms with E-state index in [0.717, 1.165) is 0 Å². The van der Waals surface area contributed by atoms with E-state index >= 15 is 0 Å². The maximum atomic E-state index is 11.5. The van der Waals surface area contributed by atoms with Gasteiger partial charge in [0.2, 0.25) is 5.91 Å². The molecule has 2 N–H and O–H groups in total. The van der Waals surface area contributed by atoms with Crippen molar-refractivity contribution in [3.8, 4) is 0 Å². The Morgan fingerprint density at radius 3 is 2.62 bits per heavy atom. The lowest BCUT2D eigenvalue weighted by Gasteiger charge is -2.06. The molecule has 4 nitrogen and oxygen atoms in total. The summed E-state index contributed by atoms with van der Waals surface area (Å²) in [5.74, 6) is -0.882. The fraction of sp³-hybridized carbons (Fsp3) is 0.455. The molecular weight excluding hydrogens is 226 g/mol.